The van der Waals surface area contributed by atoms with Gasteiger partial charge in [0.2, 0.25) is 0 Å². The van der Waals surface area contributed by atoms with E-state index in [1.807, 2.05) is 13.0 Å². The number of aromatic nitrogens is 1. The van der Waals surface area contributed by atoms with Crippen molar-refractivity contribution in [1.29, 1.82) is 0 Å². The zero-order valence-electron chi connectivity index (χ0n) is 12.4. The minimum Gasteiger partial charge on any atom is -0.478 e. The van der Waals surface area contributed by atoms with Crippen molar-refractivity contribution in [3.63, 3.8) is 0 Å². The first-order valence-electron chi connectivity index (χ1n) is 7.28. The summed E-state index contributed by atoms with van der Waals surface area (Å²) in [6.45, 7) is 4.08. The van der Waals surface area contributed by atoms with E-state index in [1.165, 1.54) is 35.7 Å². The Morgan fingerprint density at radius 2 is 1.95 bits per heavy atom. The number of carbonyl (C=O) groups is 1. The summed E-state index contributed by atoms with van der Waals surface area (Å²) in [5, 5.41) is 8.77. The second-order valence-electron chi connectivity index (χ2n) is 5.64. The predicted octanol–water partition coefficient (Wildman–Crippen LogP) is 3.68. The average molecular weight is 281 g/mol. The summed E-state index contributed by atoms with van der Waals surface area (Å²) in [7, 11) is 0. The van der Waals surface area contributed by atoms with Crippen LogP contribution in [0.3, 0.4) is 0 Å². The molecule has 0 fully saturated rings. The summed E-state index contributed by atoms with van der Waals surface area (Å²) >= 11 is 0. The molecule has 0 aliphatic heterocycles. The minimum atomic E-state index is -0.919. The largest absolute Gasteiger partial charge is 0.478 e. The van der Waals surface area contributed by atoms with Crippen molar-refractivity contribution in [2.24, 2.45) is 0 Å². The molecule has 0 amide bonds. The molecule has 1 aromatic carbocycles. The molecule has 0 saturated carbocycles. The Bertz CT molecular complexity index is 738. The van der Waals surface area contributed by atoms with Crippen LogP contribution in [-0.2, 0) is 17.6 Å². The lowest BCUT2D eigenvalue weighted by Crippen LogP contribution is -2.00. The maximum absolute atomic E-state index is 10.7. The fraction of sp³-hybridized carbons (Fsp3) is 0.278. The minimum absolute atomic E-state index is 0.919. The number of carboxylic acid groups (broad SMARTS) is 1. The van der Waals surface area contributed by atoms with Crippen LogP contribution in [0.15, 0.2) is 30.3 Å². The summed E-state index contributed by atoms with van der Waals surface area (Å²) < 4.78 is 2.19. The number of hydrogen-bond acceptors (Lipinski definition) is 1. The van der Waals surface area contributed by atoms with Crippen LogP contribution in [0.2, 0.25) is 0 Å². The van der Waals surface area contributed by atoms with Gasteiger partial charge in [-0.3, -0.25) is 0 Å². The van der Waals surface area contributed by atoms with Gasteiger partial charge in [0.05, 0.1) is 0 Å². The summed E-state index contributed by atoms with van der Waals surface area (Å²) in [5.41, 5.74) is 7.23. The van der Waals surface area contributed by atoms with Crippen molar-refractivity contribution in [1.82, 2.24) is 4.57 Å². The van der Waals surface area contributed by atoms with Gasteiger partial charge >= 0.3 is 5.97 Å². The van der Waals surface area contributed by atoms with E-state index < -0.39 is 5.97 Å². The van der Waals surface area contributed by atoms with Gasteiger partial charge in [-0.05, 0) is 74.1 Å². The summed E-state index contributed by atoms with van der Waals surface area (Å²) in [6.07, 6.45) is 6.44. The Morgan fingerprint density at radius 3 is 2.71 bits per heavy atom. The van der Waals surface area contributed by atoms with Gasteiger partial charge in [0, 0.05) is 23.2 Å². The average Bonchev–Trinajstić information content (AvgIpc) is 3.00. The zero-order chi connectivity index (χ0) is 15.0. The van der Waals surface area contributed by atoms with Crippen LogP contribution in [0.1, 0.15) is 34.5 Å². The molecule has 2 aromatic rings. The Hall–Kier alpha value is -2.29. The fourth-order valence-electron chi connectivity index (χ4n) is 3.21. The summed E-state index contributed by atoms with van der Waals surface area (Å²) in [6, 6.07) is 8.69. The quantitative estimate of drug-likeness (QED) is 0.872. The van der Waals surface area contributed by atoms with Crippen LogP contribution in [0.25, 0.3) is 11.8 Å². The maximum Gasteiger partial charge on any atom is 0.328 e. The molecule has 1 aliphatic rings. The van der Waals surface area contributed by atoms with Crippen LogP contribution < -0.4 is 0 Å². The Labute approximate surface area is 124 Å². The first-order chi connectivity index (χ1) is 10.1. The van der Waals surface area contributed by atoms with E-state index in [1.54, 1.807) is 6.08 Å². The highest BCUT2D eigenvalue weighted by Crippen LogP contribution is 2.27. The van der Waals surface area contributed by atoms with E-state index in [9.17, 15) is 4.79 Å². The molecule has 0 atom stereocenters. The second-order valence-corrected chi connectivity index (χ2v) is 5.64. The maximum atomic E-state index is 10.7. The lowest BCUT2D eigenvalue weighted by Gasteiger charge is -2.11. The van der Waals surface area contributed by atoms with Gasteiger partial charge in [-0.1, -0.05) is 6.07 Å². The molecular formula is C18H19NO2. The fourth-order valence-corrected chi connectivity index (χ4v) is 3.21. The first-order valence-corrected chi connectivity index (χ1v) is 7.28. The van der Waals surface area contributed by atoms with Gasteiger partial charge in [0.15, 0.2) is 0 Å². The molecule has 3 nitrogen and oxygen atoms in total. The molecule has 21 heavy (non-hydrogen) atoms. The standard InChI is InChI=1S/C18H19NO2/c1-12-10-15(7-9-18(20)21)13(2)19(12)17-8-6-14-4-3-5-16(14)11-17/h6-11H,3-5H2,1-2H3,(H,20,21)/b9-7+. The molecule has 0 unspecified atom stereocenters. The second kappa shape index (κ2) is 5.24. The number of hydrogen-bond donors (Lipinski definition) is 1. The molecule has 3 heteroatoms. The topological polar surface area (TPSA) is 42.2 Å². The molecule has 1 aromatic heterocycles. The van der Waals surface area contributed by atoms with Crippen LogP contribution in [0.4, 0.5) is 0 Å². The number of benzene rings is 1. The molecule has 0 saturated heterocycles. The van der Waals surface area contributed by atoms with Crippen LogP contribution in [0, 0.1) is 13.8 Å². The van der Waals surface area contributed by atoms with Gasteiger partial charge in [-0.15, -0.1) is 0 Å². The molecule has 0 radical (unpaired) electrons. The smallest absolute Gasteiger partial charge is 0.328 e. The number of aryl methyl sites for hydroxylation is 3. The third kappa shape index (κ3) is 2.51. The molecule has 1 N–H and O–H groups in total. The van der Waals surface area contributed by atoms with Crippen molar-refractivity contribution in [3.05, 3.63) is 58.4 Å². The molecular weight excluding hydrogens is 262 g/mol. The molecule has 0 bridgehead atoms. The van der Waals surface area contributed by atoms with E-state index in [0.29, 0.717) is 0 Å². The van der Waals surface area contributed by atoms with Gasteiger partial charge < -0.3 is 9.67 Å². The third-order valence-electron chi connectivity index (χ3n) is 4.22. The van der Waals surface area contributed by atoms with Crippen LogP contribution in [-0.4, -0.2) is 15.6 Å². The SMILES string of the molecule is Cc1cc(/C=C/C(=O)O)c(C)n1-c1ccc2c(c1)CCC2. The van der Waals surface area contributed by atoms with Crippen LogP contribution in [0.5, 0.6) is 0 Å². The van der Waals surface area contributed by atoms with Crippen LogP contribution >= 0.6 is 0 Å². The number of fused-ring (bicyclic) bond motifs is 1. The van der Waals surface area contributed by atoms with Crippen molar-refractivity contribution in [2.75, 3.05) is 0 Å². The van der Waals surface area contributed by atoms with E-state index in [-0.39, 0.29) is 0 Å². The highest BCUT2D eigenvalue weighted by Gasteiger charge is 2.14. The lowest BCUT2D eigenvalue weighted by molar-refractivity contribution is -0.131. The summed E-state index contributed by atoms with van der Waals surface area (Å²) in [5.74, 6) is -0.919. The van der Waals surface area contributed by atoms with E-state index >= 15 is 0 Å². The van der Waals surface area contributed by atoms with E-state index in [4.69, 9.17) is 5.11 Å². The Kier molecular flexibility index (Phi) is 3.42. The van der Waals surface area contributed by atoms with Gasteiger partial charge in [-0.2, -0.15) is 0 Å². The number of nitrogens with zero attached hydrogens (tertiary/aromatic N) is 1. The predicted molar refractivity (Wildman–Crippen MR) is 83.9 cm³/mol. The van der Waals surface area contributed by atoms with Crippen molar-refractivity contribution in [3.8, 4) is 5.69 Å². The molecule has 1 heterocycles. The Morgan fingerprint density at radius 1 is 1.19 bits per heavy atom. The lowest BCUT2D eigenvalue weighted by atomic mass is 10.1. The zero-order valence-corrected chi connectivity index (χ0v) is 12.4. The monoisotopic (exact) mass is 281 g/mol. The number of rotatable bonds is 3. The Balaban J connectivity index is 2.04. The third-order valence-corrected chi connectivity index (χ3v) is 4.22. The van der Waals surface area contributed by atoms with Crippen molar-refractivity contribution in [2.45, 2.75) is 33.1 Å². The van der Waals surface area contributed by atoms with Gasteiger partial charge in [-0.25, -0.2) is 4.79 Å². The molecule has 108 valence electrons. The van der Waals surface area contributed by atoms with E-state index in [0.717, 1.165) is 23.4 Å². The molecule has 0 spiro atoms. The van der Waals surface area contributed by atoms with Crippen molar-refractivity contribution < 1.29 is 9.90 Å². The number of carboxylic acids is 1. The van der Waals surface area contributed by atoms with Crippen molar-refractivity contribution >= 4 is 12.0 Å². The highest BCUT2D eigenvalue weighted by molar-refractivity contribution is 5.85. The van der Waals surface area contributed by atoms with E-state index in [2.05, 4.69) is 29.7 Å². The van der Waals surface area contributed by atoms with Gasteiger partial charge in [0.1, 0.15) is 0 Å². The normalized spacial score (nSPS) is 13.8. The van der Waals surface area contributed by atoms with Gasteiger partial charge in [0.25, 0.3) is 0 Å². The highest BCUT2D eigenvalue weighted by atomic mass is 16.4. The summed E-state index contributed by atoms with van der Waals surface area (Å²) in [4.78, 5) is 10.7. The molecule has 3 rings (SSSR count). The number of aliphatic carboxylic acids is 1. The first kappa shape index (κ1) is 13.7. The molecule has 1 aliphatic carbocycles.